The standard InChI is InChI=1S/C13H13O2.Cu/c1-9-8-12(14-2)10-6-4-5-7-11(10)13(9)15-3;/h4-7H,1-3H3;/q-1;+1. The molecule has 0 aliphatic carbocycles. The van der Waals surface area contributed by atoms with Crippen molar-refractivity contribution in [2.45, 2.75) is 6.92 Å². The Morgan fingerprint density at radius 3 is 2.19 bits per heavy atom. The normalized spacial score (nSPS) is 9.69. The molecule has 2 nitrogen and oxygen atoms in total. The molecule has 0 aromatic heterocycles. The van der Waals surface area contributed by atoms with Gasteiger partial charge in [-0.05, 0) is 0 Å². The number of ether oxygens (including phenoxy) is 2. The van der Waals surface area contributed by atoms with E-state index in [9.17, 15) is 0 Å². The maximum Gasteiger partial charge on any atom is 1.00 e. The van der Waals surface area contributed by atoms with Crippen LogP contribution in [-0.4, -0.2) is 14.2 Å². The molecule has 2 aromatic rings. The quantitative estimate of drug-likeness (QED) is 0.613. The number of hydrogen-bond donors (Lipinski definition) is 0. The van der Waals surface area contributed by atoms with E-state index in [1.54, 1.807) is 14.2 Å². The molecular formula is C13H13CuO2. The zero-order valence-corrected chi connectivity index (χ0v) is 10.4. The fourth-order valence-electron chi connectivity index (χ4n) is 1.80. The van der Waals surface area contributed by atoms with Crippen molar-refractivity contribution in [3.8, 4) is 11.5 Å². The molecule has 0 aliphatic heterocycles. The minimum Gasteiger partial charge on any atom is -0.553 e. The van der Waals surface area contributed by atoms with E-state index in [1.807, 2.05) is 31.2 Å². The van der Waals surface area contributed by atoms with Crippen LogP contribution in [-0.2, 0) is 17.1 Å². The average molecular weight is 265 g/mol. The summed E-state index contributed by atoms with van der Waals surface area (Å²) in [4.78, 5) is 0. The molecule has 0 saturated carbocycles. The second-order valence-corrected chi connectivity index (χ2v) is 3.36. The summed E-state index contributed by atoms with van der Waals surface area (Å²) in [7, 11) is 3.33. The fourth-order valence-corrected chi connectivity index (χ4v) is 1.80. The molecule has 0 saturated heterocycles. The van der Waals surface area contributed by atoms with Crippen molar-refractivity contribution in [1.82, 2.24) is 0 Å². The molecule has 88 valence electrons. The van der Waals surface area contributed by atoms with Gasteiger partial charge >= 0.3 is 17.1 Å². The first kappa shape index (κ1) is 12.9. The van der Waals surface area contributed by atoms with Crippen molar-refractivity contribution in [1.29, 1.82) is 0 Å². The van der Waals surface area contributed by atoms with Crippen LogP contribution in [0.25, 0.3) is 10.8 Å². The van der Waals surface area contributed by atoms with Crippen LogP contribution >= 0.6 is 0 Å². The summed E-state index contributed by atoms with van der Waals surface area (Å²) in [5.41, 5.74) is 0.966. The van der Waals surface area contributed by atoms with Crippen molar-refractivity contribution >= 4 is 10.8 Å². The Hall–Kier alpha value is -1.18. The van der Waals surface area contributed by atoms with E-state index in [-0.39, 0.29) is 17.1 Å². The molecule has 0 atom stereocenters. The van der Waals surface area contributed by atoms with Gasteiger partial charge in [-0.15, -0.1) is 17.7 Å². The predicted octanol–water partition coefficient (Wildman–Crippen LogP) is 2.96. The molecule has 2 aromatic carbocycles. The molecule has 2 rings (SSSR count). The number of fused-ring (bicyclic) bond motifs is 1. The van der Waals surface area contributed by atoms with Gasteiger partial charge in [0.25, 0.3) is 0 Å². The van der Waals surface area contributed by atoms with Crippen LogP contribution in [0.4, 0.5) is 0 Å². The third-order valence-corrected chi connectivity index (χ3v) is 2.47. The Morgan fingerprint density at radius 2 is 1.62 bits per heavy atom. The summed E-state index contributed by atoms with van der Waals surface area (Å²) in [6.45, 7) is 1.97. The molecule has 0 radical (unpaired) electrons. The molecule has 0 bridgehead atoms. The van der Waals surface area contributed by atoms with Gasteiger partial charge in [0.2, 0.25) is 0 Å². The minimum atomic E-state index is 0. The average Bonchev–Trinajstić information content (AvgIpc) is 2.28. The van der Waals surface area contributed by atoms with E-state index in [1.165, 1.54) is 0 Å². The van der Waals surface area contributed by atoms with Gasteiger partial charge in [-0.3, -0.25) is 0 Å². The molecule has 16 heavy (non-hydrogen) atoms. The van der Waals surface area contributed by atoms with E-state index in [0.717, 1.165) is 27.8 Å². The fraction of sp³-hybridized carbons (Fsp3) is 0.231. The first-order valence-electron chi connectivity index (χ1n) is 4.80. The molecular weight excluding hydrogens is 252 g/mol. The summed E-state index contributed by atoms with van der Waals surface area (Å²) < 4.78 is 10.7. The summed E-state index contributed by atoms with van der Waals surface area (Å²) in [5, 5.41) is 2.09. The van der Waals surface area contributed by atoms with E-state index >= 15 is 0 Å². The number of methoxy groups -OCH3 is 2. The molecule has 0 heterocycles. The van der Waals surface area contributed by atoms with E-state index in [2.05, 4.69) is 6.07 Å². The Labute approximate surface area is 106 Å². The smallest absolute Gasteiger partial charge is 0.553 e. The maximum atomic E-state index is 5.37. The third kappa shape index (κ3) is 2.01. The molecule has 0 amide bonds. The number of benzene rings is 2. The second-order valence-electron chi connectivity index (χ2n) is 3.36. The second kappa shape index (κ2) is 5.24. The summed E-state index contributed by atoms with van der Waals surface area (Å²) in [5.74, 6) is 1.63. The van der Waals surface area contributed by atoms with Crippen LogP contribution in [0.5, 0.6) is 11.5 Å². The van der Waals surface area contributed by atoms with Gasteiger partial charge in [-0.25, -0.2) is 0 Å². The molecule has 0 fully saturated rings. The van der Waals surface area contributed by atoms with Gasteiger partial charge in [0.1, 0.15) is 0 Å². The number of aryl methyl sites for hydroxylation is 1. The summed E-state index contributed by atoms with van der Waals surface area (Å²) in [6, 6.07) is 11.2. The Kier molecular flexibility index (Phi) is 4.22. The van der Waals surface area contributed by atoms with E-state index in [4.69, 9.17) is 9.47 Å². The van der Waals surface area contributed by atoms with Crippen molar-refractivity contribution in [2.75, 3.05) is 14.2 Å². The Morgan fingerprint density at radius 1 is 1.00 bits per heavy atom. The van der Waals surface area contributed by atoms with Crippen LogP contribution in [0.3, 0.4) is 0 Å². The molecule has 0 N–H and O–H groups in total. The molecule has 3 heteroatoms. The third-order valence-electron chi connectivity index (χ3n) is 2.47. The SMILES string of the molecule is COc1[c-]c(C)c(OC)c2ccccc12.[Cu+]. The van der Waals surface area contributed by atoms with Crippen molar-refractivity contribution in [3.05, 3.63) is 35.9 Å². The van der Waals surface area contributed by atoms with Crippen LogP contribution in [0.2, 0.25) is 0 Å². The van der Waals surface area contributed by atoms with Crippen LogP contribution in [0, 0.1) is 13.0 Å². The van der Waals surface area contributed by atoms with Gasteiger partial charge in [0.05, 0.1) is 14.2 Å². The van der Waals surface area contributed by atoms with Gasteiger partial charge < -0.3 is 9.47 Å². The van der Waals surface area contributed by atoms with Crippen molar-refractivity contribution in [2.24, 2.45) is 0 Å². The van der Waals surface area contributed by atoms with Crippen molar-refractivity contribution in [3.63, 3.8) is 0 Å². The zero-order valence-electron chi connectivity index (χ0n) is 9.43. The topological polar surface area (TPSA) is 18.5 Å². The molecule has 0 unspecified atom stereocenters. The Bertz CT molecular complexity index is 495. The van der Waals surface area contributed by atoms with Crippen LogP contribution in [0.15, 0.2) is 24.3 Å². The summed E-state index contributed by atoms with van der Waals surface area (Å²) >= 11 is 0. The van der Waals surface area contributed by atoms with Crippen LogP contribution < -0.4 is 9.47 Å². The Balaban J connectivity index is 0.00000128. The number of rotatable bonds is 2. The summed E-state index contributed by atoms with van der Waals surface area (Å²) in [6.07, 6.45) is 0. The minimum absolute atomic E-state index is 0. The van der Waals surface area contributed by atoms with Gasteiger partial charge in [-0.2, -0.15) is 0 Å². The largest absolute Gasteiger partial charge is 1.00 e. The first-order chi connectivity index (χ1) is 7.27. The predicted molar refractivity (Wildman–Crippen MR) is 60.6 cm³/mol. The van der Waals surface area contributed by atoms with E-state index in [0.29, 0.717) is 0 Å². The van der Waals surface area contributed by atoms with Gasteiger partial charge in [0, 0.05) is 11.5 Å². The monoisotopic (exact) mass is 264 g/mol. The van der Waals surface area contributed by atoms with Gasteiger partial charge in [0.15, 0.2) is 0 Å². The van der Waals surface area contributed by atoms with Crippen molar-refractivity contribution < 1.29 is 26.5 Å². The molecule has 0 spiro atoms. The maximum absolute atomic E-state index is 5.37. The molecule has 0 aliphatic rings. The van der Waals surface area contributed by atoms with Crippen LogP contribution in [0.1, 0.15) is 5.56 Å². The zero-order chi connectivity index (χ0) is 10.8. The first-order valence-corrected chi connectivity index (χ1v) is 4.80. The van der Waals surface area contributed by atoms with Gasteiger partial charge in [-0.1, -0.05) is 35.9 Å². The van der Waals surface area contributed by atoms with E-state index < -0.39 is 0 Å². The number of hydrogen-bond acceptors (Lipinski definition) is 2.